The average Bonchev–Trinajstić information content (AvgIpc) is 3.03. The quantitative estimate of drug-likeness (QED) is 0.0256. The fourth-order valence-corrected chi connectivity index (χ4v) is 4.62. The molecule has 48 heavy (non-hydrogen) atoms. The predicted molar refractivity (Wildman–Crippen MR) is 194 cm³/mol. The molecule has 0 saturated heterocycles. The number of carboxylic acid groups (broad SMARTS) is 1. The highest BCUT2D eigenvalue weighted by molar-refractivity contribution is 5.70. The third kappa shape index (κ3) is 29.0. The number of ether oxygens (including phenoxy) is 3. The molecule has 0 aliphatic heterocycles. The van der Waals surface area contributed by atoms with Crippen molar-refractivity contribution in [1.29, 1.82) is 0 Å². The van der Waals surface area contributed by atoms with Gasteiger partial charge in [-0.05, 0) is 51.4 Å². The van der Waals surface area contributed by atoms with Gasteiger partial charge in [0.05, 0.1) is 40.3 Å². The highest BCUT2D eigenvalue weighted by Gasteiger charge is 2.25. The normalized spacial score (nSPS) is 13.9. The summed E-state index contributed by atoms with van der Waals surface area (Å²) in [5, 5.41) is 11.6. The second kappa shape index (κ2) is 31.1. The predicted octanol–water partition coefficient (Wildman–Crippen LogP) is 7.51. The van der Waals surface area contributed by atoms with Gasteiger partial charge in [-0.15, -0.1) is 0 Å². The zero-order valence-corrected chi connectivity index (χ0v) is 30.6. The Morgan fingerprint density at radius 2 is 1.21 bits per heavy atom. The molecule has 0 saturated carbocycles. The molecule has 0 rings (SSSR count). The third-order valence-corrected chi connectivity index (χ3v) is 7.45. The molecular formula is C40H65NO7. The molecular weight excluding hydrogens is 606 g/mol. The smallest absolute Gasteiger partial charge is 0.306 e. The summed E-state index contributed by atoms with van der Waals surface area (Å²) in [5.74, 6) is -1.85. The van der Waals surface area contributed by atoms with E-state index in [9.17, 15) is 19.5 Å². The van der Waals surface area contributed by atoms with Crippen molar-refractivity contribution in [3.63, 3.8) is 0 Å². The summed E-state index contributed by atoms with van der Waals surface area (Å²) in [6, 6.07) is -0.739. The molecule has 8 nitrogen and oxygen atoms in total. The van der Waals surface area contributed by atoms with E-state index >= 15 is 0 Å². The maximum Gasteiger partial charge on any atom is 0.306 e. The van der Waals surface area contributed by atoms with E-state index in [0.717, 1.165) is 38.5 Å². The number of carbonyl (C=O) groups excluding carboxylic acids is 3. The van der Waals surface area contributed by atoms with Crippen molar-refractivity contribution in [3.05, 3.63) is 72.9 Å². The van der Waals surface area contributed by atoms with Crippen molar-refractivity contribution in [3.8, 4) is 0 Å². The van der Waals surface area contributed by atoms with Crippen LogP contribution in [0, 0.1) is 0 Å². The first-order valence-electron chi connectivity index (χ1n) is 18.0. The molecule has 0 amide bonds. The van der Waals surface area contributed by atoms with Crippen LogP contribution in [0.15, 0.2) is 72.9 Å². The van der Waals surface area contributed by atoms with Gasteiger partial charge in [0.25, 0.3) is 0 Å². The summed E-state index contributed by atoms with van der Waals surface area (Å²) in [6.07, 6.45) is 36.5. The number of rotatable bonds is 30. The number of hydrogen-bond donors (Lipinski definition) is 0. The van der Waals surface area contributed by atoms with Gasteiger partial charge >= 0.3 is 11.9 Å². The standard InChI is InChI=1S/C40H65NO7/c1-6-8-10-12-14-16-17-18-19-20-21-23-25-27-29-31-39(43)48-36(34-46-33-32-37(40(44)45)41(3,4)5)35-47-38(42)30-28-26-24-22-15-13-11-9-7-2/h8,10,12,14,16-22,24,36-37H,6-7,9,11,13,15,23,25-35H2,1-5H3/b10-8+,14-12+,17-16+,19-18+,21-20+,24-22+. The number of nitrogens with zero attached hydrogens (tertiary/aromatic N) is 1. The first kappa shape index (κ1) is 44.8. The molecule has 272 valence electrons. The van der Waals surface area contributed by atoms with Crippen molar-refractivity contribution in [2.24, 2.45) is 0 Å². The molecule has 0 fully saturated rings. The van der Waals surface area contributed by atoms with Crippen LogP contribution in [0.3, 0.4) is 0 Å². The zero-order chi connectivity index (χ0) is 35.7. The monoisotopic (exact) mass is 671 g/mol. The number of aliphatic carboxylic acids is 1. The Hall–Kier alpha value is -3.23. The molecule has 0 aromatic carbocycles. The summed E-state index contributed by atoms with van der Waals surface area (Å²) < 4.78 is 16.9. The Bertz CT molecular complexity index is 1020. The van der Waals surface area contributed by atoms with Gasteiger partial charge < -0.3 is 28.6 Å². The van der Waals surface area contributed by atoms with E-state index in [-0.39, 0.29) is 55.5 Å². The lowest BCUT2D eigenvalue weighted by Gasteiger charge is -2.34. The van der Waals surface area contributed by atoms with Crippen molar-refractivity contribution >= 4 is 17.9 Å². The van der Waals surface area contributed by atoms with Crippen LogP contribution in [0.2, 0.25) is 0 Å². The minimum absolute atomic E-state index is 0.0103. The van der Waals surface area contributed by atoms with Gasteiger partial charge in [0.2, 0.25) is 0 Å². The molecule has 2 atom stereocenters. The van der Waals surface area contributed by atoms with E-state index in [4.69, 9.17) is 14.2 Å². The van der Waals surface area contributed by atoms with Crippen LogP contribution in [0.4, 0.5) is 0 Å². The van der Waals surface area contributed by atoms with E-state index in [1.807, 2.05) is 48.6 Å². The molecule has 0 bridgehead atoms. The number of allylic oxidation sites excluding steroid dienone is 12. The van der Waals surface area contributed by atoms with Crippen LogP contribution in [-0.2, 0) is 28.6 Å². The molecule has 0 aliphatic carbocycles. The molecule has 0 N–H and O–H groups in total. The van der Waals surface area contributed by atoms with Crippen LogP contribution >= 0.6 is 0 Å². The van der Waals surface area contributed by atoms with Gasteiger partial charge in [-0.3, -0.25) is 9.59 Å². The summed E-state index contributed by atoms with van der Waals surface area (Å²) in [7, 11) is 5.35. The minimum Gasteiger partial charge on any atom is -0.544 e. The van der Waals surface area contributed by atoms with Gasteiger partial charge in [0, 0.05) is 19.3 Å². The second-order valence-corrected chi connectivity index (χ2v) is 12.8. The van der Waals surface area contributed by atoms with Gasteiger partial charge in [-0.1, -0.05) is 112 Å². The largest absolute Gasteiger partial charge is 0.544 e. The van der Waals surface area contributed by atoms with Gasteiger partial charge in [0.15, 0.2) is 6.10 Å². The lowest BCUT2D eigenvalue weighted by Crippen LogP contribution is -2.55. The fourth-order valence-electron chi connectivity index (χ4n) is 4.62. The number of esters is 2. The van der Waals surface area contributed by atoms with E-state index < -0.39 is 18.1 Å². The lowest BCUT2D eigenvalue weighted by molar-refractivity contribution is -0.889. The SMILES string of the molecule is CC/C=C/C=C/C=C/C=C/C=C/CCCCCC(=O)OC(COCCC(C(=O)[O-])[N+](C)(C)C)COC(=O)CCC/C=C/CCCCCC. The maximum absolute atomic E-state index is 12.6. The zero-order valence-electron chi connectivity index (χ0n) is 30.6. The van der Waals surface area contributed by atoms with Crippen LogP contribution in [-0.4, -0.2) is 75.5 Å². The Labute approximate surface area is 291 Å². The lowest BCUT2D eigenvalue weighted by atomic mass is 10.1. The third-order valence-electron chi connectivity index (χ3n) is 7.45. The summed E-state index contributed by atoms with van der Waals surface area (Å²) in [6.45, 7) is 4.36. The number of unbranched alkanes of at least 4 members (excludes halogenated alkanes) is 8. The highest BCUT2D eigenvalue weighted by Crippen LogP contribution is 2.10. The molecule has 0 aromatic rings. The van der Waals surface area contributed by atoms with Crippen LogP contribution in [0.25, 0.3) is 0 Å². The summed E-state index contributed by atoms with van der Waals surface area (Å²) in [4.78, 5) is 36.5. The Kier molecular flexibility index (Phi) is 29.0. The van der Waals surface area contributed by atoms with E-state index in [1.165, 1.54) is 25.7 Å². The van der Waals surface area contributed by atoms with E-state index in [2.05, 4.69) is 38.2 Å². The number of carboxylic acids is 1. The number of carbonyl (C=O) groups is 3. The Morgan fingerprint density at radius 3 is 1.81 bits per heavy atom. The van der Waals surface area contributed by atoms with Crippen molar-refractivity contribution < 1.29 is 38.2 Å². The van der Waals surface area contributed by atoms with Gasteiger partial charge in [0.1, 0.15) is 12.6 Å². The average molecular weight is 672 g/mol. The summed E-state index contributed by atoms with van der Waals surface area (Å²) in [5.41, 5.74) is 0. The van der Waals surface area contributed by atoms with Crippen molar-refractivity contribution in [2.45, 2.75) is 122 Å². The van der Waals surface area contributed by atoms with Gasteiger partial charge in [-0.25, -0.2) is 0 Å². The summed E-state index contributed by atoms with van der Waals surface area (Å²) >= 11 is 0. The van der Waals surface area contributed by atoms with E-state index in [1.54, 1.807) is 21.1 Å². The van der Waals surface area contributed by atoms with Crippen LogP contribution in [0.5, 0.6) is 0 Å². The maximum atomic E-state index is 12.6. The number of likely N-dealkylation sites (N-methyl/N-ethyl adjacent to an activating group) is 1. The Balaban J connectivity index is 4.60. The first-order chi connectivity index (χ1) is 23.1. The molecule has 8 heteroatoms. The van der Waals surface area contributed by atoms with E-state index in [0.29, 0.717) is 12.8 Å². The second-order valence-electron chi connectivity index (χ2n) is 12.8. The highest BCUT2D eigenvalue weighted by atomic mass is 16.6. The molecule has 0 aliphatic rings. The molecule has 0 heterocycles. The molecule has 0 radical (unpaired) electrons. The Morgan fingerprint density at radius 1 is 0.646 bits per heavy atom. The number of hydrogen-bond acceptors (Lipinski definition) is 7. The van der Waals surface area contributed by atoms with Crippen LogP contribution < -0.4 is 5.11 Å². The minimum atomic E-state index is -1.14. The molecule has 0 aromatic heterocycles. The molecule has 2 unspecified atom stereocenters. The number of quaternary nitrogens is 1. The first-order valence-corrected chi connectivity index (χ1v) is 18.0. The van der Waals surface area contributed by atoms with Crippen molar-refractivity contribution in [1.82, 2.24) is 0 Å². The fraction of sp³-hybridized carbons (Fsp3) is 0.625. The topological polar surface area (TPSA) is 102 Å². The van der Waals surface area contributed by atoms with Crippen LogP contribution in [0.1, 0.15) is 110 Å². The van der Waals surface area contributed by atoms with Crippen molar-refractivity contribution in [2.75, 3.05) is 41.0 Å². The van der Waals surface area contributed by atoms with Gasteiger partial charge in [-0.2, -0.15) is 0 Å². The molecule has 0 spiro atoms.